The number of nitrogens with zero attached hydrogens (tertiary/aromatic N) is 1. The molecule has 0 bridgehead atoms. The van der Waals surface area contributed by atoms with Gasteiger partial charge in [0.05, 0.1) is 18.5 Å². The quantitative estimate of drug-likeness (QED) is 0.804. The molecule has 1 heterocycles. The minimum atomic E-state index is 0.369. The van der Waals surface area contributed by atoms with Crippen molar-refractivity contribution in [1.29, 1.82) is 0 Å². The molecule has 0 aliphatic rings. The largest absolute Gasteiger partial charge is 0.481 e. The van der Waals surface area contributed by atoms with Crippen molar-refractivity contribution in [3.05, 3.63) is 17.8 Å². The Kier molecular flexibility index (Phi) is 5.05. The van der Waals surface area contributed by atoms with E-state index in [1.165, 1.54) is 0 Å². The number of aromatic nitrogens is 1. The number of anilines is 1. The van der Waals surface area contributed by atoms with E-state index < -0.39 is 0 Å². The third kappa shape index (κ3) is 3.70. The maximum absolute atomic E-state index is 5.06. The summed E-state index contributed by atoms with van der Waals surface area (Å²) < 4.78 is 10.1. The average molecular weight is 224 g/mol. The van der Waals surface area contributed by atoms with E-state index in [1.807, 2.05) is 19.1 Å². The predicted octanol–water partition coefficient (Wildman–Crippen LogP) is 2.24. The van der Waals surface area contributed by atoms with Gasteiger partial charge in [-0.25, -0.2) is 4.98 Å². The Morgan fingerprint density at radius 3 is 2.69 bits per heavy atom. The van der Waals surface area contributed by atoms with Gasteiger partial charge in [-0.05, 0) is 26.3 Å². The molecule has 1 aromatic rings. The second kappa shape index (κ2) is 6.33. The molecule has 0 amide bonds. The van der Waals surface area contributed by atoms with E-state index in [4.69, 9.17) is 9.47 Å². The van der Waals surface area contributed by atoms with Gasteiger partial charge in [0.25, 0.3) is 0 Å². The number of pyridine rings is 1. The standard InChI is InChI=1S/C12H20N2O2/c1-9(7-8-15-3)13-11-5-6-12(16-4)14-10(11)2/h5-6,9,13H,7-8H2,1-4H3. The van der Waals surface area contributed by atoms with Gasteiger partial charge in [0.15, 0.2) is 0 Å². The zero-order valence-corrected chi connectivity index (χ0v) is 10.4. The molecule has 16 heavy (non-hydrogen) atoms. The maximum atomic E-state index is 5.06. The summed E-state index contributed by atoms with van der Waals surface area (Å²) in [5.74, 6) is 0.646. The Hall–Kier alpha value is -1.29. The van der Waals surface area contributed by atoms with Crippen LogP contribution in [0.15, 0.2) is 12.1 Å². The molecule has 1 N–H and O–H groups in total. The van der Waals surface area contributed by atoms with Crippen LogP contribution in [0.5, 0.6) is 5.88 Å². The van der Waals surface area contributed by atoms with Crippen LogP contribution in [0.4, 0.5) is 5.69 Å². The van der Waals surface area contributed by atoms with Crippen LogP contribution < -0.4 is 10.1 Å². The van der Waals surface area contributed by atoms with Crippen LogP contribution in [0.1, 0.15) is 19.0 Å². The first-order valence-corrected chi connectivity index (χ1v) is 5.44. The van der Waals surface area contributed by atoms with Crippen molar-refractivity contribution in [2.24, 2.45) is 0 Å². The van der Waals surface area contributed by atoms with Crippen molar-refractivity contribution in [3.8, 4) is 5.88 Å². The molecule has 4 nitrogen and oxygen atoms in total. The van der Waals surface area contributed by atoms with Crippen LogP contribution in [0.25, 0.3) is 0 Å². The van der Waals surface area contributed by atoms with Crippen LogP contribution in [0, 0.1) is 6.92 Å². The fourth-order valence-electron chi connectivity index (χ4n) is 1.44. The third-order valence-electron chi connectivity index (χ3n) is 2.43. The summed E-state index contributed by atoms with van der Waals surface area (Å²) in [6.07, 6.45) is 0.974. The van der Waals surface area contributed by atoms with Crippen molar-refractivity contribution >= 4 is 5.69 Å². The Bertz CT molecular complexity index is 329. The van der Waals surface area contributed by atoms with E-state index in [2.05, 4.69) is 17.2 Å². The van der Waals surface area contributed by atoms with Gasteiger partial charge in [0.1, 0.15) is 0 Å². The van der Waals surface area contributed by atoms with E-state index in [-0.39, 0.29) is 0 Å². The van der Waals surface area contributed by atoms with E-state index in [0.29, 0.717) is 11.9 Å². The fourth-order valence-corrected chi connectivity index (χ4v) is 1.44. The van der Waals surface area contributed by atoms with Crippen molar-refractivity contribution in [2.45, 2.75) is 26.3 Å². The van der Waals surface area contributed by atoms with Gasteiger partial charge < -0.3 is 14.8 Å². The molecular formula is C12H20N2O2. The number of aryl methyl sites for hydroxylation is 1. The summed E-state index contributed by atoms with van der Waals surface area (Å²) in [4.78, 5) is 4.31. The molecule has 1 atom stereocenters. The van der Waals surface area contributed by atoms with Crippen molar-refractivity contribution < 1.29 is 9.47 Å². The average Bonchev–Trinajstić information content (AvgIpc) is 2.29. The van der Waals surface area contributed by atoms with Crippen LogP contribution in [0.3, 0.4) is 0 Å². The lowest BCUT2D eigenvalue weighted by Crippen LogP contribution is -2.18. The van der Waals surface area contributed by atoms with E-state index in [9.17, 15) is 0 Å². The Labute approximate surface area is 97.0 Å². The molecule has 0 aromatic carbocycles. The highest BCUT2D eigenvalue weighted by atomic mass is 16.5. The van der Waals surface area contributed by atoms with Crippen LogP contribution in [-0.4, -0.2) is 31.9 Å². The summed E-state index contributed by atoms with van der Waals surface area (Å²) in [6, 6.07) is 4.22. The number of rotatable bonds is 6. The molecule has 0 aliphatic carbocycles. The molecule has 90 valence electrons. The fraction of sp³-hybridized carbons (Fsp3) is 0.583. The number of methoxy groups -OCH3 is 2. The van der Waals surface area contributed by atoms with E-state index >= 15 is 0 Å². The molecule has 0 fully saturated rings. The van der Waals surface area contributed by atoms with E-state index in [0.717, 1.165) is 24.4 Å². The predicted molar refractivity (Wildman–Crippen MR) is 65.1 cm³/mol. The number of hydrogen-bond acceptors (Lipinski definition) is 4. The molecule has 0 saturated carbocycles. The summed E-state index contributed by atoms with van der Waals surface area (Å²) in [6.45, 7) is 4.85. The van der Waals surface area contributed by atoms with Gasteiger partial charge >= 0.3 is 0 Å². The number of ether oxygens (including phenoxy) is 2. The Morgan fingerprint density at radius 2 is 2.12 bits per heavy atom. The Balaban J connectivity index is 2.59. The molecule has 1 rings (SSSR count). The Morgan fingerprint density at radius 1 is 1.38 bits per heavy atom. The lowest BCUT2D eigenvalue weighted by Gasteiger charge is -2.16. The third-order valence-corrected chi connectivity index (χ3v) is 2.43. The highest BCUT2D eigenvalue weighted by molar-refractivity contribution is 5.49. The van der Waals surface area contributed by atoms with E-state index in [1.54, 1.807) is 14.2 Å². The molecule has 0 radical (unpaired) electrons. The first kappa shape index (κ1) is 12.8. The SMILES string of the molecule is COCCC(C)Nc1ccc(OC)nc1C. The van der Waals surface area contributed by atoms with Crippen LogP contribution >= 0.6 is 0 Å². The lowest BCUT2D eigenvalue weighted by atomic mass is 10.2. The zero-order chi connectivity index (χ0) is 12.0. The second-order valence-electron chi connectivity index (χ2n) is 3.81. The summed E-state index contributed by atoms with van der Waals surface area (Å²) in [5.41, 5.74) is 1.99. The number of nitrogens with one attached hydrogen (secondary N) is 1. The minimum absolute atomic E-state index is 0.369. The second-order valence-corrected chi connectivity index (χ2v) is 3.81. The van der Waals surface area contributed by atoms with Gasteiger partial charge in [-0.3, -0.25) is 0 Å². The summed E-state index contributed by atoms with van der Waals surface area (Å²) >= 11 is 0. The van der Waals surface area contributed by atoms with Gasteiger partial charge in [0.2, 0.25) is 5.88 Å². The summed E-state index contributed by atoms with van der Waals surface area (Å²) in [7, 11) is 3.34. The smallest absolute Gasteiger partial charge is 0.213 e. The molecular weight excluding hydrogens is 204 g/mol. The minimum Gasteiger partial charge on any atom is -0.481 e. The van der Waals surface area contributed by atoms with Crippen molar-refractivity contribution in [2.75, 3.05) is 26.1 Å². The van der Waals surface area contributed by atoms with Gasteiger partial charge in [-0.2, -0.15) is 0 Å². The molecule has 0 saturated heterocycles. The lowest BCUT2D eigenvalue weighted by molar-refractivity contribution is 0.191. The van der Waals surface area contributed by atoms with Gasteiger partial charge in [0, 0.05) is 25.8 Å². The molecule has 1 unspecified atom stereocenters. The van der Waals surface area contributed by atoms with Gasteiger partial charge in [-0.1, -0.05) is 0 Å². The molecule has 0 aliphatic heterocycles. The first-order valence-electron chi connectivity index (χ1n) is 5.44. The van der Waals surface area contributed by atoms with Crippen LogP contribution in [-0.2, 0) is 4.74 Å². The zero-order valence-electron chi connectivity index (χ0n) is 10.4. The first-order chi connectivity index (χ1) is 7.67. The highest BCUT2D eigenvalue weighted by Crippen LogP contribution is 2.18. The monoisotopic (exact) mass is 224 g/mol. The van der Waals surface area contributed by atoms with Crippen molar-refractivity contribution in [3.63, 3.8) is 0 Å². The molecule has 0 spiro atoms. The molecule has 4 heteroatoms. The topological polar surface area (TPSA) is 43.4 Å². The molecule has 1 aromatic heterocycles. The normalized spacial score (nSPS) is 12.2. The van der Waals surface area contributed by atoms with Crippen molar-refractivity contribution in [1.82, 2.24) is 4.98 Å². The number of hydrogen-bond donors (Lipinski definition) is 1. The summed E-state index contributed by atoms with van der Waals surface area (Å²) in [5, 5.41) is 3.40. The van der Waals surface area contributed by atoms with Gasteiger partial charge in [-0.15, -0.1) is 0 Å². The maximum Gasteiger partial charge on any atom is 0.213 e. The highest BCUT2D eigenvalue weighted by Gasteiger charge is 2.05. The van der Waals surface area contributed by atoms with Crippen LogP contribution in [0.2, 0.25) is 0 Å².